The number of rotatable bonds is 0. The van der Waals surface area contributed by atoms with Gasteiger partial charge >= 0.3 is 5.97 Å². The fraction of sp³-hybridized carbons (Fsp3) is 0.300. The van der Waals surface area contributed by atoms with Gasteiger partial charge in [-0.2, -0.15) is 0 Å². The lowest BCUT2D eigenvalue weighted by atomic mass is 10.1. The summed E-state index contributed by atoms with van der Waals surface area (Å²) >= 11 is 3.37. The summed E-state index contributed by atoms with van der Waals surface area (Å²) in [4.78, 5) is 11.2. The lowest BCUT2D eigenvalue weighted by molar-refractivity contribution is -0.134. The van der Waals surface area contributed by atoms with E-state index >= 15 is 0 Å². The van der Waals surface area contributed by atoms with Gasteiger partial charge in [0.1, 0.15) is 5.75 Å². The molecule has 0 saturated heterocycles. The van der Waals surface area contributed by atoms with Crippen LogP contribution in [0.4, 0.5) is 0 Å². The van der Waals surface area contributed by atoms with Gasteiger partial charge in [-0.1, -0.05) is 12.1 Å². The van der Waals surface area contributed by atoms with Gasteiger partial charge in [-0.15, -0.1) is 0 Å². The van der Waals surface area contributed by atoms with E-state index in [-0.39, 0.29) is 5.97 Å². The molecule has 2 rings (SSSR count). The average Bonchev–Trinajstić information content (AvgIpc) is 2.28. The summed E-state index contributed by atoms with van der Waals surface area (Å²) in [7, 11) is 0. The van der Waals surface area contributed by atoms with Crippen molar-refractivity contribution >= 4 is 21.9 Å². The number of benzene rings is 1. The van der Waals surface area contributed by atoms with Crippen molar-refractivity contribution in [2.75, 3.05) is 0 Å². The normalized spacial score (nSPS) is 15.9. The number of para-hydroxylation sites is 1. The Labute approximate surface area is 85.0 Å². The van der Waals surface area contributed by atoms with E-state index in [0.717, 1.165) is 22.9 Å². The smallest absolute Gasteiger partial charge is 0.311 e. The summed E-state index contributed by atoms with van der Waals surface area (Å²) in [6.45, 7) is 0. The second-order valence-electron chi connectivity index (χ2n) is 3.06. The van der Waals surface area contributed by atoms with E-state index in [1.54, 1.807) is 0 Å². The van der Waals surface area contributed by atoms with Crippen LogP contribution in [-0.4, -0.2) is 5.97 Å². The molecule has 1 aliphatic rings. The second kappa shape index (κ2) is 3.50. The molecule has 1 aromatic rings. The van der Waals surface area contributed by atoms with E-state index in [2.05, 4.69) is 15.9 Å². The first-order valence-corrected chi connectivity index (χ1v) is 5.05. The van der Waals surface area contributed by atoms with Crippen molar-refractivity contribution in [2.45, 2.75) is 19.3 Å². The van der Waals surface area contributed by atoms with E-state index < -0.39 is 0 Å². The molecule has 1 heterocycles. The molecule has 0 unspecified atom stereocenters. The number of ether oxygens (including phenoxy) is 1. The average molecular weight is 241 g/mol. The highest BCUT2D eigenvalue weighted by atomic mass is 79.9. The van der Waals surface area contributed by atoms with Crippen LogP contribution in [0.3, 0.4) is 0 Å². The summed E-state index contributed by atoms with van der Waals surface area (Å²) in [6, 6.07) is 5.85. The summed E-state index contributed by atoms with van der Waals surface area (Å²) in [5.41, 5.74) is 1.11. The molecule has 0 amide bonds. The molecular weight excluding hydrogens is 232 g/mol. The van der Waals surface area contributed by atoms with Gasteiger partial charge in [0.05, 0.1) is 4.47 Å². The topological polar surface area (TPSA) is 26.3 Å². The third kappa shape index (κ3) is 1.75. The third-order valence-electron chi connectivity index (χ3n) is 2.09. The largest absolute Gasteiger partial charge is 0.425 e. The van der Waals surface area contributed by atoms with Crippen molar-refractivity contribution in [1.29, 1.82) is 0 Å². The van der Waals surface area contributed by atoms with Gasteiger partial charge in [0, 0.05) is 6.42 Å². The zero-order valence-electron chi connectivity index (χ0n) is 7.05. The van der Waals surface area contributed by atoms with Gasteiger partial charge in [0.15, 0.2) is 0 Å². The second-order valence-corrected chi connectivity index (χ2v) is 3.91. The molecular formula is C10H9BrO2. The van der Waals surface area contributed by atoms with Crippen LogP contribution in [0.5, 0.6) is 5.75 Å². The fourth-order valence-corrected chi connectivity index (χ4v) is 1.94. The zero-order chi connectivity index (χ0) is 9.26. The van der Waals surface area contributed by atoms with Crippen molar-refractivity contribution in [1.82, 2.24) is 0 Å². The predicted octanol–water partition coefficient (Wildman–Crippen LogP) is 2.69. The van der Waals surface area contributed by atoms with Gasteiger partial charge in [0.2, 0.25) is 0 Å². The van der Waals surface area contributed by atoms with Gasteiger partial charge in [0.25, 0.3) is 0 Å². The highest BCUT2D eigenvalue weighted by Gasteiger charge is 2.16. The SMILES string of the molecule is O=C1CCCc2cccc(Br)c2O1. The van der Waals surface area contributed by atoms with E-state index in [1.807, 2.05) is 18.2 Å². The molecule has 13 heavy (non-hydrogen) atoms. The maximum atomic E-state index is 11.2. The highest BCUT2D eigenvalue weighted by Crippen LogP contribution is 2.32. The molecule has 0 aromatic heterocycles. The van der Waals surface area contributed by atoms with E-state index in [9.17, 15) is 4.79 Å². The van der Waals surface area contributed by atoms with Crippen LogP contribution in [-0.2, 0) is 11.2 Å². The Morgan fingerprint density at radius 1 is 1.31 bits per heavy atom. The highest BCUT2D eigenvalue weighted by molar-refractivity contribution is 9.10. The van der Waals surface area contributed by atoms with Crippen molar-refractivity contribution in [3.63, 3.8) is 0 Å². The Bertz CT molecular complexity index is 347. The minimum Gasteiger partial charge on any atom is -0.425 e. The maximum Gasteiger partial charge on any atom is 0.311 e. The minimum absolute atomic E-state index is 0.134. The molecule has 0 atom stereocenters. The Hall–Kier alpha value is -0.830. The standard InChI is InChI=1S/C10H9BrO2/c11-8-5-1-3-7-4-2-6-9(12)13-10(7)8/h1,3,5H,2,4,6H2. The number of carbonyl (C=O) groups excluding carboxylic acids is 1. The number of hydrogen-bond acceptors (Lipinski definition) is 2. The summed E-state index contributed by atoms with van der Waals surface area (Å²) in [6.07, 6.45) is 2.31. The molecule has 1 aliphatic heterocycles. The number of aryl methyl sites for hydroxylation is 1. The summed E-state index contributed by atoms with van der Waals surface area (Å²) in [5.74, 6) is 0.565. The molecule has 0 radical (unpaired) electrons. The van der Waals surface area contributed by atoms with Crippen LogP contribution in [0.15, 0.2) is 22.7 Å². The van der Waals surface area contributed by atoms with Gasteiger partial charge in [-0.25, -0.2) is 0 Å². The van der Waals surface area contributed by atoms with Gasteiger partial charge < -0.3 is 4.74 Å². The Morgan fingerprint density at radius 3 is 3.00 bits per heavy atom. The summed E-state index contributed by atoms with van der Waals surface area (Å²) in [5, 5.41) is 0. The van der Waals surface area contributed by atoms with Crippen LogP contribution >= 0.6 is 15.9 Å². The lowest BCUT2D eigenvalue weighted by Crippen LogP contribution is -2.05. The zero-order valence-corrected chi connectivity index (χ0v) is 8.63. The molecule has 0 N–H and O–H groups in total. The van der Waals surface area contributed by atoms with Crippen LogP contribution in [0.2, 0.25) is 0 Å². The Balaban J connectivity index is 2.46. The molecule has 0 bridgehead atoms. The molecule has 68 valence electrons. The van der Waals surface area contributed by atoms with E-state index in [0.29, 0.717) is 12.2 Å². The molecule has 0 aliphatic carbocycles. The summed E-state index contributed by atoms with van der Waals surface area (Å²) < 4.78 is 6.06. The molecule has 3 heteroatoms. The number of halogens is 1. The Morgan fingerprint density at radius 2 is 2.15 bits per heavy atom. The van der Waals surface area contributed by atoms with Crippen LogP contribution < -0.4 is 4.74 Å². The first-order valence-electron chi connectivity index (χ1n) is 4.25. The number of hydrogen-bond donors (Lipinski definition) is 0. The van der Waals surface area contributed by atoms with Crippen molar-refractivity contribution in [3.05, 3.63) is 28.2 Å². The van der Waals surface area contributed by atoms with Crippen LogP contribution in [0.25, 0.3) is 0 Å². The third-order valence-corrected chi connectivity index (χ3v) is 2.72. The van der Waals surface area contributed by atoms with Crippen molar-refractivity contribution in [2.24, 2.45) is 0 Å². The van der Waals surface area contributed by atoms with Crippen molar-refractivity contribution < 1.29 is 9.53 Å². The quantitative estimate of drug-likeness (QED) is 0.515. The predicted molar refractivity (Wildman–Crippen MR) is 52.7 cm³/mol. The minimum atomic E-state index is -0.134. The van der Waals surface area contributed by atoms with Gasteiger partial charge in [-0.05, 0) is 40.4 Å². The molecule has 2 nitrogen and oxygen atoms in total. The van der Waals surface area contributed by atoms with Crippen LogP contribution in [0.1, 0.15) is 18.4 Å². The monoisotopic (exact) mass is 240 g/mol. The van der Waals surface area contributed by atoms with Crippen molar-refractivity contribution in [3.8, 4) is 5.75 Å². The first-order chi connectivity index (χ1) is 6.27. The van der Waals surface area contributed by atoms with Gasteiger partial charge in [-0.3, -0.25) is 4.79 Å². The molecule has 0 spiro atoms. The number of fused-ring (bicyclic) bond motifs is 1. The van der Waals surface area contributed by atoms with Crippen LogP contribution in [0, 0.1) is 0 Å². The molecule has 0 saturated carbocycles. The molecule has 0 fully saturated rings. The number of esters is 1. The first kappa shape index (κ1) is 8.75. The molecule has 1 aromatic carbocycles. The maximum absolute atomic E-state index is 11.2. The fourth-order valence-electron chi connectivity index (χ4n) is 1.45. The number of carbonyl (C=O) groups is 1. The Kier molecular flexibility index (Phi) is 2.36. The van der Waals surface area contributed by atoms with E-state index in [4.69, 9.17) is 4.74 Å². The lowest BCUT2D eigenvalue weighted by Gasteiger charge is -2.06. The van der Waals surface area contributed by atoms with E-state index in [1.165, 1.54) is 0 Å².